The maximum Gasteiger partial charge on any atom is 0.223 e. The van der Waals surface area contributed by atoms with Gasteiger partial charge in [0.2, 0.25) is 5.91 Å². The van der Waals surface area contributed by atoms with Crippen LogP contribution in [-0.2, 0) is 17.9 Å². The predicted octanol–water partition coefficient (Wildman–Crippen LogP) is 3.63. The van der Waals surface area contributed by atoms with Crippen molar-refractivity contribution in [3.63, 3.8) is 0 Å². The number of ether oxygens (including phenoxy) is 1. The van der Waals surface area contributed by atoms with Crippen molar-refractivity contribution >= 4 is 5.91 Å². The average Bonchev–Trinajstić information content (AvgIpc) is 3.17. The second-order valence-electron chi connectivity index (χ2n) is 6.70. The Kier molecular flexibility index (Phi) is 6.26. The minimum atomic E-state index is -0.0113. The fourth-order valence-electron chi connectivity index (χ4n) is 2.76. The molecule has 0 unspecified atom stereocenters. The largest absolute Gasteiger partial charge is 0.493 e. The minimum Gasteiger partial charge on any atom is -0.493 e. The Hall–Kier alpha value is -3.08. The summed E-state index contributed by atoms with van der Waals surface area (Å²) in [5.41, 5.74) is 4.51. The van der Waals surface area contributed by atoms with Gasteiger partial charge in [-0.3, -0.25) is 4.79 Å². The lowest BCUT2D eigenvalue weighted by molar-refractivity contribution is -0.121. The molecule has 1 aromatic heterocycles. The van der Waals surface area contributed by atoms with Crippen LogP contribution in [0.2, 0.25) is 0 Å². The highest BCUT2D eigenvalue weighted by atomic mass is 16.5. The molecule has 0 atom stereocenters. The normalized spacial score (nSPS) is 10.6. The van der Waals surface area contributed by atoms with E-state index in [-0.39, 0.29) is 5.91 Å². The Balaban J connectivity index is 1.40. The number of aromatic nitrogens is 2. The van der Waals surface area contributed by atoms with E-state index in [9.17, 15) is 4.79 Å². The van der Waals surface area contributed by atoms with E-state index in [2.05, 4.69) is 28.5 Å². The summed E-state index contributed by atoms with van der Waals surface area (Å²) in [6, 6.07) is 14.3. The lowest BCUT2D eigenvalue weighted by Crippen LogP contribution is -2.24. The summed E-state index contributed by atoms with van der Waals surface area (Å²) in [5, 5.41) is 2.94. The number of rotatable bonds is 8. The van der Waals surface area contributed by atoms with Crippen molar-refractivity contribution in [2.45, 2.75) is 33.4 Å². The highest BCUT2D eigenvalue weighted by Gasteiger charge is 2.05. The van der Waals surface area contributed by atoms with Gasteiger partial charge < -0.3 is 14.6 Å². The Morgan fingerprint density at radius 1 is 1.11 bits per heavy atom. The SMILES string of the molecule is Cc1ccc(C)c(OCCC(=O)NCc2ccc(Cn3ccnc3)cc2)c1. The Morgan fingerprint density at radius 3 is 2.63 bits per heavy atom. The molecule has 0 saturated carbocycles. The predicted molar refractivity (Wildman–Crippen MR) is 106 cm³/mol. The second kappa shape index (κ2) is 9.03. The van der Waals surface area contributed by atoms with E-state index in [1.54, 1.807) is 12.5 Å². The Labute approximate surface area is 160 Å². The van der Waals surface area contributed by atoms with Crippen molar-refractivity contribution in [1.29, 1.82) is 0 Å². The van der Waals surface area contributed by atoms with E-state index in [1.165, 1.54) is 5.56 Å². The Bertz CT molecular complexity index is 871. The van der Waals surface area contributed by atoms with Crippen LogP contribution in [0.5, 0.6) is 5.75 Å². The first kappa shape index (κ1) is 18.7. The molecule has 0 bridgehead atoms. The second-order valence-corrected chi connectivity index (χ2v) is 6.70. The van der Waals surface area contributed by atoms with Gasteiger partial charge in [0.15, 0.2) is 0 Å². The molecular formula is C22H25N3O2. The van der Waals surface area contributed by atoms with Crippen molar-refractivity contribution in [2.75, 3.05) is 6.61 Å². The van der Waals surface area contributed by atoms with Gasteiger partial charge in [-0.15, -0.1) is 0 Å². The van der Waals surface area contributed by atoms with Gasteiger partial charge in [-0.1, -0.05) is 36.4 Å². The summed E-state index contributed by atoms with van der Waals surface area (Å²) >= 11 is 0. The third-order valence-corrected chi connectivity index (χ3v) is 4.37. The minimum absolute atomic E-state index is 0.0113. The van der Waals surface area contributed by atoms with Crippen LogP contribution in [0.25, 0.3) is 0 Å². The molecule has 1 N–H and O–H groups in total. The van der Waals surface area contributed by atoms with Crippen LogP contribution in [0.15, 0.2) is 61.2 Å². The molecular weight excluding hydrogens is 338 g/mol. The number of carbonyl (C=O) groups is 1. The average molecular weight is 363 g/mol. The summed E-state index contributed by atoms with van der Waals surface area (Å²) in [4.78, 5) is 16.1. The summed E-state index contributed by atoms with van der Waals surface area (Å²) in [7, 11) is 0. The highest BCUT2D eigenvalue weighted by Crippen LogP contribution is 2.19. The molecule has 2 aromatic carbocycles. The van der Waals surface area contributed by atoms with Crippen molar-refractivity contribution < 1.29 is 9.53 Å². The fraction of sp³-hybridized carbons (Fsp3) is 0.273. The summed E-state index contributed by atoms with van der Waals surface area (Å²) in [6.07, 6.45) is 5.85. The van der Waals surface area contributed by atoms with Crippen LogP contribution in [0, 0.1) is 13.8 Å². The number of nitrogens with one attached hydrogen (secondary N) is 1. The molecule has 0 fully saturated rings. The van der Waals surface area contributed by atoms with Crippen LogP contribution >= 0.6 is 0 Å². The lowest BCUT2D eigenvalue weighted by atomic mass is 10.1. The van der Waals surface area contributed by atoms with Crippen molar-refractivity contribution in [2.24, 2.45) is 0 Å². The van der Waals surface area contributed by atoms with Gasteiger partial charge in [-0.2, -0.15) is 0 Å². The van der Waals surface area contributed by atoms with Gasteiger partial charge in [0.05, 0.1) is 19.4 Å². The van der Waals surface area contributed by atoms with Crippen molar-refractivity contribution in [1.82, 2.24) is 14.9 Å². The number of imidazole rings is 1. The third-order valence-electron chi connectivity index (χ3n) is 4.37. The van der Waals surface area contributed by atoms with Gasteiger partial charge >= 0.3 is 0 Å². The van der Waals surface area contributed by atoms with Gasteiger partial charge in [0, 0.05) is 25.5 Å². The maximum atomic E-state index is 12.0. The maximum absolute atomic E-state index is 12.0. The molecule has 27 heavy (non-hydrogen) atoms. The number of benzene rings is 2. The number of aryl methyl sites for hydroxylation is 2. The zero-order chi connectivity index (χ0) is 19.1. The molecule has 3 rings (SSSR count). The molecule has 0 aliphatic heterocycles. The number of hydrogen-bond donors (Lipinski definition) is 1. The zero-order valence-corrected chi connectivity index (χ0v) is 15.8. The van der Waals surface area contributed by atoms with Gasteiger partial charge in [0.25, 0.3) is 0 Å². The molecule has 0 radical (unpaired) electrons. The topological polar surface area (TPSA) is 56.1 Å². The number of carbonyl (C=O) groups excluding carboxylic acids is 1. The van der Waals surface area contributed by atoms with E-state index in [1.807, 2.05) is 48.9 Å². The molecule has 0 aliphatic rings. The highest BCUT2D eigenvalue weighted by molar-refractivity contribution is 5.76. The number of hydrogen-bond acceptors (Lipinski definition) is 3. The standard InChI is InChI=1S/C22H25N3O2/c1-17-3-4-18(2)21(13-17)27-12-9-22(26)24-14-19-5-7-20(8-6-19)15-25-11-10-23-16-25/h3-8,10-11,13,16H,9,12,14-15H2,1-2H3,(H,24,26). The van der Waals surface area contributed by atoms with Crippen LogP contribution in [0.4, 0.5) is 0 Å². The van der Waals surface area contributed by atoms with E-state index in [0.717, 1.165) is 29.0 Å². The van der Waals surface area contributed by atoms with Gasteiger partial charge in [-0.05, 0) is 42.2 Å². The molecule has 3 aromatic rings. The zero-order valence-electron chi connectivity index (χ0n) is 15.8. The molecule has 0 aliphatic carbocycles. The van der Waals surface area contributed by atoms with Crippen LogP contribution in [0.1, 0.15) is 28.7 Å². The van der Waals surface area contributed by atoms with Crippen molar-refractivity contribution in [3.05, 3.63) is 83.4 Å². The Morgan fingerprint density at radius 2 is 1.89 bits per heavy atom. The summed E-state index contributed by atoms with van der Waals surface area (Å²) in [6.45, 7) is 5.72. The van der Waals surface area contributed by atoms with E-state index in [4.69, 9.17) is 4.74 Å². The van der Waals surface area contributed by atoms with Crippen molar-refractivity contribution in [3.8, 4) is 5.75 Å². The molecule has 5 nitrogen and oxygen atoms in total. The summed E-state index contributed by atoms with van der Waals surface area (Å²) in [5.74, 6) is 0.832. The fourth-order valence-corrected chi connectivity index (χ4v) is 2.76. The lowest BCUT2D eigenvalue weighted by Gasteiger charge is -2.10. The molecule has 1 heterocycles. The van der Waals surface area contributed by atoms with Crippen LogP contribution < -0.4 is 10.1 Å². The van der Waals surface area contributed by atoms with E-state index >= 15 is 0 Å². The molecule has 1 amide bonds. The third kappa shape index (κ3) is 5.71. The van der Waals surface area contributed by atoms with Gasteiger partial charge in [0.1, 0.15) is 5.75 Å². The smallest absolute Gasteiger partial charge is 0.223 e. The summed E-state index contributed by atoms with van der Waals surface area (Å²) < 4.78 is 7.76. The quantitative estimate of drug-likeness (QED) is 0.665. The van der Waals surface area contributed by atoms with Crippen LogP contribution in [-0.4, -0.2) is 22.1 Å². The van der Waals surface area contributed by atoms with E-state index in [0.29, 0.717) is 19.6 Å². The first-order valence-electron chi connectivity index (χ1n) is 9.10. The molecule has 5 heteroatoms. The number of amides is 1. The molecule has 140 valence electrons. The first-order valence-corrected chi connectivity index (χ1v) is 9.10. The number of nitrogens with zero attached hydrogens (tertiary/aromatic N) is 2. The molecule has 0 saturated heterocycles. The monoisotopic (exact) mass is 363 g/mol. The van der Waals surface area contributed by atoms with Crippen LogP contribution in [0.3, 0.4) is 0 Å². The molecule has 0 spiro atoms. The van der Waals surface area contributed by atoms with Gasteiger partial charge in [-0.25, -0.2) is 4.98 Å². The first-order chi connectivity index (χ1) is 13.1. The van der Waals surface area contributed by atoms with E-state index < -0.39 is 0 Å².